The van der Waals surface area contributed by atoms with Crippen molar-refractivity contribution in [2.45, 2.75) is 20.8 Å². The first-order valence-electron chi connectivity index (χ1n) is 5.26. The number of pyridine rings is 1. The largest absolute Gasteiger partial charge is 0.339 e. The second kappa shape index (κ2) is 3.99. The SMILES string of the molecule is CCS(=O)(=O)Nc1cc(C)nc2nc(C)[nH]c12. The first-order valence-corrected chi connectivity index (χ1v) is 6.91. The highest BCUT2D eigenvalue weighted by atomic mass is 32.2. The first-order chi connectivity index (χ1) is 7.91. The molecule has 0 unspecified atom stereocenters. The van der Waals surface area contributed by atoms with Crippen molar-refractivity contribution in [1.82, 2.24) is 15.0 Å². The maximum atomic E-state index is 11.6. The Kier molecular flexibility index (Phi) is 2.78. The van der Waals surface area contributed by atoms with Gasteiger partial charge in [-0.15, -0.1) is 0 Å². The molecule has 17 heavy (non-hydrogen) atoms. The van der Waals surface area contributed by atoms with Gasteiger partial charge in [0.2, 0.25) is 10.0 Å². The van der Waals surface area contributed by atoms with Crippen LogP contribution >= 0.6 is 0 Å². The van der Waals surface area contributed by atoms with E-state index in [4.69, 9.17) is 0 Å². The summed E-state index contributed by atoms with van der Waals surface area (Å²) in [6.07, 6.45) is 0. The summed E-state index contributed by atoms with van der Waals surface area (Å²) in [7, 11) is -3.30. The molecular formula is C10H14N4O2S. The van der Waals surface area contributed by atoms with Gasteiger partial charge in [-0.1, -0.05) is 0 Å². The fourth-order valence-electron chi connectivity index (χ4n) is 1.55. The lowest BCUT2D eigenvalue weighted by Crippen LogP contribution is -2.15. The monoisotopic (exact) mass is 254 g/mol. The number of anilines is 1. The van der Waals surface area contributed by atoms with Crippen molar-refractivity contribution in [3.8, 4) is 0 Å². The second-order valence-electron chi connectivity index (χ2n) is 3.84. The summed E-state index contributed by atoms with van der Waals surface area (Å²) in [5, 5.41) is 0. The standard InChI is InChI=1S/C10H14N4O2S/c1-4-17(15,16)14-8-5-6(2)11-10-9(8)12-7(3)13-10/h5H,4H2,1-3H3,(H2,11,12,13,14). The number of H-pyrrole nitrogens is 1. The maximum Gasteiger partial charge on any atom is 0.232 e. The zero-order valence-corrected chi connectivity index (χ0v) is 10.7. The van der Waals surface area contributed by atoms with E-state index < -0.39 is 10.0 Å². The van der Waals surface area contributed by atoms with E-state index >= 15 is 0 Å². The van der Waals surface area contributed by atoms with E-state index in [1.807, 2.05) is 0 Å². The number of imidazole rings is 1. The average Bonchev–Trinajstić information content (AvgIpc) is 2.58. The van der Waals surface area contributed by atoms with Crippen LogP contribution in [0.15, 0.2) is 6.07 Å². The Morgan fingerprint density at radius 1 is 1.35 bits per heavy atom. The van der Waals surface area contributed by atoms with Gasteiger partial charge in [0.25, 0.3) is 0 Å². The second-order valence-corrected chi connectivity index (χ2v) is 5.85. The predicted octanol–water partition coefficient (Wildman–Crippen LogP) is 1.34. The number of rotatable bonds is 3. The molecule has 7 heteroatoms. The van der Waals surface area contributed by atoms with Gasteiger partial charge in [-0.2, -0.15) is 0 Å². The van der Waals surface area contributed by atoms with Crippen molar-refractivity contribution >= 4 is 26.9 Å². The summed E-state index contributed by atoms with van der Waals surface area (Å²) >= 11 is 0. The minimum absolute atomic E-state index is 0.0307. The van der Waals surface area contributed by atoms with E-state index in [0.717, 1.165) is 5.69 Å². The Labute approximate surface area is 99.5 Å². The van der Waals surface area contributed by atoms with Gasteiger partial charge < -0.3 is 4.98 Å². The average molecular weight is 254 g/mol. The molecule has 0 atom stereocenters. The minimum Gasteiger partial charge on any atom is -0.339 e. The van der Waals surface area contributed by atoms with E-state index in [2.05, 4.69) is 19.7 Å². The molecule has 92 valence electrons. The molecule has 2 heterocycles. The Bertz CT molecular complexity index is 660. The van der Waals surface area contributed by atoms with E-state index in [0.29, 0.717) is 22.7 Å². The number of aryl methyl sites for hydroxylation is 2. The molecule has 6 nitrogen and oxygen atoms in total. The van der Waals surface area contributed by atoms with Crippen LogP contribution in [0, 0.1) is 13.8 Å². The summed E-state index contributed by atoms with van der Waals surface area (Å²) < 4.78 is 25.7. The van der Waals surface area contributed by atoms with Crippen LogP contribution in [0.3, 0.4) is 0 Å². The molecule has 0 aromatic carbocycles. The van der Waals surface area contributed by atoms with Crippen LogP contribution in [0.4, 0.5) is 5.69 Å². The third kappa shape index (κ3) is 2.38. The van der Waals surface area contributed by atoms with E-state index in [1.54, 1.807) is 26.8 Å². The molecule has 2 N–H and O–H groups in total. The fraction of sp³-hybridized carbons (Fsp3) is 0.400. The molecule has 0 fully saturated rings. The number of fused-ring (bicyclic) bond motifs is 1. The quantitative estimate of drug-likeness (QED) is 0.865. The van der Waals surface area contributed by atoms with Gasteiger partial charge >= 0.3 is 0 Å². The highest BCUT2D eigenvalue weighted by Gasteiger charge is 2.13. The molecule has 2 rings (SSSR count). The number of hydrogen-bond donors (Lipinski definition) is 2. The number of nitrogens with one attached hydrogen (secondary N) is 2. The molecule has 0 aliphatic heterocycles. The summed E-state index contributed by atoms with van der Waals surface area (Å²) in [6, 6.07) is 1.69. The van der Waals surface area contributed by atoms with Gasteiger partial charge in [-0.25, -0.2) is 18.4 Å². The van der Waals surface area contributed by atoms with Gasteiger partial charge in [0, 0.05) is 5.69 Å². The van der Waals surface area contributed by atoms with E-state index in [1.165, 1.54) is 0 Å². The zero-order valence-electron chi connectivity index (χ0n) is 9.90. The highest BCUT2D eigenvalue weighted by molar-refractivity contribution is 7.92. The number of sulfonamides is 1. The molecule has 2 aromatic heterocycles. The molecule has 0 radical (unpaired) electrons. The summed E-state index contributed by atoms with van der Waals surface area (Å²) in [5.41, 5.74) is 2.36. The van der Waals surface area contributed by atoms with Crippen LogP contribution in [0.1, 0.15) is 18.4 Å². The molecule has 0 aliphatic carbocycles. The molecule has 0 aliphatic rings. The Balaban J connectivity index is 2.60. The highest BCUT2D eigenvalue weighted by Crippen LogP contribution is 2.22. The van der Waals surface area contributed by atoms with Gasteiger partial charge in [-0.3, -0.25) is 4.72 Å². The van der Waals surface area contributed by atoms with Crippen LogP contribution in [-0.4, -0.2) is 29.1 Å². The minimum atomic E-state index is -3.30. The summed E-state index contributed by atoms with van der Waals surface area (Å²) in [4.78, 5) is 11.4. The molecule has 0 amide bonds. The number of hydrogen-bond acceptors (Lipinski definition) is 4. The Morgan fingerprint density at radius 3 is 2.71 bits per heavy atom. The van der Waals surface area contributed by atoms with Crippen molar-refractivity contribution in [2.75, 3.05) is 10.5 Å². The molecule has 0 saturated carbocycles. The number of nitrogens with zero attached hydrogens (tertiary/aromatic N) is 2. The molecular weight excluding hydrogens is 240 g/mol. The van der Waals surface area contributed by atoms with Crippen LogP contribution < -0.4 is 4.72 Å². The molecule has 0 bridgehead atoms. The Morgan fingerprint density at radius 2 is 2.06 bits per heavy atom. The lowest BCUT2D eigenvalue weighted by Gasteiger charge is -2.07. The number of aromatic nitrogens is 3. The zero-order chi connectivity index (χ0) is 12.6. The predicted molar refractivity (Wildman–Crippen MR) is 66.4 cm³/mol. The van der Waals surface area contributed by atoms with Gasteiger partial charge in [0.05, 0.1) is 11.4 Å². The topological polar surface area (TPSA) is 87.7 Å². The van der Waals surface area contributed by atoms with Crippen molar-refractivity contribution in [1.29, 1.82) is 0 Å². The van der Waals surface area contributed by atoms with Crippen LogP contribution in [-0.2, 0) is 10.0 Å². The van der Waals surface area contributed by atoms with Crippen molar-refractivity contribution in [2.24, 2.45) is 0 Å². The van der Waals surface area contributed by atoms with Crippen LogP contribution in [0.25, 0.3) is 11.2 Å². The van der Waals surface area contributed by atoms with Crippen molar-refractivity contribution in [3.05, 3.63) is 17.6 Å². The van der Waals surface area contributed by atoms with Gasteiger partial charge in [0.15, 0.2) is 5.65 Å². The molecule has 0 spiro atoms. The Hall–Kier alpha value is -1.63. The third-order valence-corrected chi connectivity index (χ3v) is 3.64. The summed E-state index contributed by atoms with van der Waals surface area (Å²) in [6.45, 7) is 5.19. The van der Waals surface area contributed by atoms with E-state index in [9.17, 15) is 8.42 Å². The third-order valence-electron chi connectivity index (χ3n) is 2.35. The smallest absolute Gasteiger partial charge is 0.232 e. The maximum absolute atomic E-state index is 11.6. The van der Waals surface area contributed by atoms with Gasteiger partial charge in [0.1, 0.15) is 11.3 Å². The molecule has 0 saturated heterocycles. The van der Waals surface area contributed by atoms with Crippen molar-refractivity contribution in [3.63, 3.8) is 0 Å². The van der Waals surface area contributed by atoms with Crippen LogP contribution in [0.5, 0.6) is 0 Å². The summed E-state index contributed by atoms with van der Waals surface area (Å²) in [5.74, 6) is 0.734. The van der Waals surface area contributed by atoms with Gasteiger partial charge in [-0.05, 0) is 26.8 Å². The lowest BCUT2D eigenvalue weighted by atomic mass is 10.3. The van der Waals surface area contributed by atoms with Crippen LogP contribution in [0.2, 0.25) is 0 Å². The first kappa shape index (κ1) is 11.8. The lowest BCUT2D eigenvalue weighted by molar-refractivity contribution is 0.602. The number of aromatic amines is 1. The van der Waals surface area contributed by atoms with E-state index in [-0.39, 0.29) is 5.75 Å². The normalized spacial score (nSPS) is 11.9. The molecule has 2 aromatic rings. The fourth-order valence-corrected chi connectivity index (χ4v) is 2.19. The van der Waals surface area contributed by atoms with Crippen molar-refractivity contribution < 1.29 is 8.42 Å².